The molecule has 0 unspecified atom stereocenters. The SMILES string of the molecule is NC[C@H](O)CNC(=O)[C@@H](Cc1ccc2ccccc2c1)NC(=O)CCCN1C(=O)CCSc2ccccc21. The van der Waals surface area contributed by atoms with Gasteiger partial charge in [0.15, 0.2) is 0 Å². The average molecular weight is 535 g/mol. The molecule has 1 aliphatic heterocycles. The Morgan fingerprint density at radius 1 is 1.05 bits per heavy atom. The highest BCUT2D eigenvalue weighted by atomic mass is 32.2. The molecule has 8 nitrogen and oxygen atoms in total. The zero-order valence-electron chi connectivity index (χ0n) is 21.3. The summed E-state index contributed by atoms with van der Waals surface area (Å²) in [6, 6.07) is 20.9. The number of amides is 3. The van der Waals surface area contributed by atoms with Crippen LogP contribution in [0.25, 0.3) is 10.8 Å². The number of carbonyl (C=O) groups is 3. The zero-order chi connectivity index (χ0) is 26.9. The molecule has 2 atom stereocenters. The van der Waals surface area contributed by atoms with Crippen molar-refractivity contribution in [2.75, 3.05) is 30.3 Å². The molecule has 0 saturated heterocycles. The molecule has 9 heteroatoms. The maximum atomic E-state index is 13.0. The summed E-state index contributed by atoms with van der Waals surface area (Å²) in [5, 5.41) is 17.5. The molecule has 0 aromatic heterocycles. The number of aliphatic hydroxyl groups is 1. The monoisotopic (exact) mass is 534 g/mol. The Bertz CT molecular complexity index is 1280. The fourth-order valence-corrected chi connectivity index (χ4v) is 5.46. The highest BCUT2D eigenvalue weighted by Gasteiger charge is 2.24. The Balaban J connectivity index is 1.40. The van der Waals surface area contributed by atoms with Crippen LogP contribution in [0, 0.1) is 0 Å². The van der Waals surface area contributed by atoms with Gasteiger partial charge in [0.2, 0.25) is 17.7 Å². The topological polar surface area (TPSA) is 125 Å². The number of aliphatic hydroxyl groups excluding tert-OH is 1. The molecular weight excluding hydrogens is 500 g/mol. The minimum atomic E-state index is -0.858. The van der Waals surface area contributed by atoms with E-state index in [9.17, 15) is 19.5 Å². The Labute approximate surface area is 227 Å². The number of hydrogen-bond donors (Lipinski definition) is 4. The fraction of sp³-hybridized carbons (Fsp3) is 0.345. The van der Waals surface area contributed by atoms with Crippen molar-refractivity contribution < 1.29 is 19.5 Å². The van der Waals surface area contributed by atoms with Crippen LogP contribution in [0.5, 0.6) is 0 Å². The van der Waals surface area contributed by atoms with E-state index in [-0.39, 0.29) is 37.2 Å². The van der Waals surface area contributed by atoms with Crippen LogP contribution in [0.15, 0.2) is 71.6 Å². The summed E-state index contributed by atoms with van der Waals surface area (Å²) in [5.74, 6) is 0.134. The first-order valence-corrected chi connectivity index (χ1v) is 13.9. The minimum absolute atomic E-state index is 0.00785. The van der Waals surface area contributed by atoms with E-state index in [0.29, 0.717) is 25.8 Å². The van der Waals surface area contributed by atoms with Gasteiger partial charge in [-0.25, -0.2) is 0 Å². The van der Waals surface area contributed by atoms with Gasteiger partial charge in [0, 0.05) is 49.5 Å². The van der Waals surface area contributed by atoms with E-state index in [1.807, 2.05) is 66.7 Å². The van der Waals surface area contributed by atoms with E-state index in [1.165, 1.54) is 0 Å². The van der Waals surface area contributed by atoms with Gasteiger partial charge in [-0.1, -0.05) is 54.6 Å². The van der Waals surface area contributed by atoms with Gasteiger partial charge in [-0.2, -0.15) is 0 Å². The molecule has 1 aliphatic rings. The van der Waals surface area contributed by atoms with Crippen molar-refractivity contribution in [2.45, 2.75) is 42.7 Å². The second-order valence-electron chi connectivity index (χ2n) is 9.36. The van der Waals surface area contributed by atoms with E-state index in [1.54, 1.807) is 16.7 Å². The summed E-state index contributed by atoms with van der Waals surface area (Å²) < 4.78 is 0. The number of para-hydroxylation sites is 1. The minimum Gasteiger partial charge on any atom is -0.390 e. The summed E-state index contributed by atoms with van der Waals surface area (Å²) in [7, 11) is 0. The molecule has 0 radical (unpaired) electrons. The van der Waals surface area contributed by atoms with E-state index in [4.69, 9.17) is 5.73 Å². The second kappa shape index (κ2) is 13.4. The Kier molecular flexibility index (Phi) is 9.75. The van der Waals surface area contributed by atoms with Crippen molar-refractivity contribution in [2.24, 2.45) is 5.73 Å². The number of anilines is 1. The number of hydrogen-bond acceptors (Lipinski definition) is 6. The van der Waals surface area contributed by atoms with Crippen LogP contribution in [0.2, 0.25) is 0 Å². The highest BCUT2D eigenvalue weighted by molar-refractivity contribution is 7.99. The molecule has 5 N–H and O–H groups in total. The molecule has 4 rings (SSSR count). The number of benzene rings is 3. The Morgan fingerprint density at radius 2 is 1.82 bits per heavy atom. The molecule has 0 saturated carbocycles. The predicted octanol–water partition coefficient (Wildman–Crippen LogP) is 2.61. The highest BCUT2D eigenvalue weighted by Crippen LogP contribution is 2.34. The van der Waals surface area contributed by atoms with E-state index < -0.39 is 12.1 Å². The van der Waals surface area contributed by atoms with Gasteiger partial charge in [0.1, 0.15) is 6.04 Å². The summed E-state index contributed by atoms with van der Waals surface area (Å²) in [6.07, 6.45) is 0.534. The lowest BCUT2D eigenvalue weighted by molar-refractivity contribution is -0.129. The number of nitrogens with zero attached hydrogens (tertiary/aromatic N) is 1. The summed E-state index contributed by atoms with van der Waals surface area (Å²) >= 11 is 1.67. The molecule has 3 aromatic carbocycles. The largest absolute Gasteiger partial charge is 0.390 e. The van der Waals surface area contributed by atoms with Gasteiger partial charge in [-0.15, -0.1) is 11.8 Å². The third-order valence-corrected chi connectivity index (χ3v) is 7.57. The van der Waals surface area contributed by atoms with Crippen LogP contribution < -0.4 is 21.3 Å². The standard InChI is InChI=1S/C29H34N4O4S/c30-18-23(34)19-31-29(37)24(17-20-11-12-21-6-1-2-7-22(21)16-20)32-27(35)10-5-14-33-25-8-3-4-9-26(25)38-15-13-28(33)36/h1-4,6-9,11-12,16,23-24,34H,5,10,13-15,17-19,30H2,(H,31,37)(H,32,35)/t23-,24+/m0/s1. The molecule has 0 bridgehead atoms. The van der Waals surface area contributed by atoms with Crippen molar-refractivity contribution in [1.29, 1.82) is 0 Å². The number of fused-ring (bicyclic) bond motifs is 2. The molecular formula is C29H34N4O4S. The van der Waals surface area contributed by atoms with Crippen molar-refractivity contribution in [1.82, 2.24) is 10.6 Å². The number of rotatable bonds is 11. The third-order valence-electron chi connectivity index (χ3n) is 6.51. The van der Waals surface area contributed by atoms with Crippen LogP contribution in [0.1, 0.15) is 24.8 Å². The lowest BCUT2D eigenvalue weighted by Gasteiger charge is -2.23. The lowest BCUT2D eigenvalue weighted by atomic mass is 10.0. The number of nitrogens with two attached hydrogens (primary N) is 1. The van der Waals surface area contributed by atoms with Gasteiger partial charge >= 0.3 is 0 Å². The second-order valence-corrected chi connectivity index (χ2v) is 10.5. The summed E-state index contributed by atoms with van der Waals surface area (Å²) in [4.78, 5) is 41.4. The molecule has 1 heterocycles. The smallest absolute Gasteiger partial charge is 0.243 e. The van der Waals surface area contributed by atoms with Crippen molar-refractivity contribution >= 4 is 45.9 Å². The van der Waals surface area contributed by atoms with Crippen molar-refractivity contribution in [3.8, 4) is 0 Å². The van der Waals surface area contributed by atoms with Crippen LogP contribution in [0.4, 0.5) is 5.69 Å². The van der Waals surface area contributed by atoms with Gasteiger partial charge in [0.25, 0.3) is 0 Å². The number of nitrogens with one attached hydrogen (secondary N) is 2. The molecule has 38 heavy (non-hydrogen) atoms. The van der Waals surface area contributed by atoms with E-state index in [0.717, 1.165) is 32.7 Å². The number of thioether (sulfide) groups is 1. The lowest BCUT2D eigenvalue weighted by Crippen LogP contribution is -2.50. The first kappa shape index (κ1) is 27.6. The van der Waals surface area contributed by atoms with Gasteiger partial charge in [-0.05, 0) is 34.9 Å². The van der Waals surface area contributed by atoms with Crippen molar-refractivity contribution in [3.05, 3.63) is 72.3 Å². The molecule has 0 fully saturated rings. The summed E-state index contributed by atoms with van der Waals surface area (Å²) in [5.41, 5.74) is 7.25. The summed E-state index contributed by atoms with van der Waals surface area (Å²) in [6.45, 7) is 0.459. The van der Waals surface area contributed by atoms with Crippen molar-refractivity contribution in [3.63, 3.8) is 0 Å². The van der Waals surface area contributed by atoms with Gasteiger partial charge in [0.05, 0.1) is 11.8 Å². The molecule has 3 amide bonds. The van der Waals surface area contributed by atoms with E-state index in [2.05, 4.69) is 10.6 Å². The Hall–Kier alpha value is -3.40. The molecule has 0 spiro atoms. The average Bonchev–Trinajstić information content (AvgIpc) is 3.09. The van der Waals surface area contributed by atoms with Crippen LogP contribution >= 0.6 is 11.8 Å². The van der Waals surface area contributed by atoms with E-state index >= 15 is 0 Å². The van der Waals surface area contributed by atoms with Crippen LogP contribution in [0.3, 0.4) is 0 Å². The molecule has 0 aliphatic carbocycles. The van der Waals surface area contributed by atoms with Crippen LogP contribution in [-0.2, 0) is 20.8 Å². The number of carbonyl (C=O) groups excluding carboxylic acids is 3. The molecule has 3 aromatic rings. The van der Waals surface area contributed by atoms with Crippen LogP contribution in [-0.4, -0.2) is 60.4 Å². The molecule has 200 valence electrons. The van der Waals surface area contributed by atoms with Gasteiger partial charge < -0.3 is 26.4 Å². The normalized spacial score (nSPS) is 14.9. The predicted molar refractivity (Wildman–Crippen MR) is 151 cm³/mol. The third kappa shape index (κ3) is 7.34. The first-order valence-electron chi connectivity index (χ1n) is 12.9. The zero-order valence-corrected chi connectivity index (χ0v) is 22.1. The fourth-order valence-electron chi connectivity index (χ4n) is 4.46. The quantitative estimate of drug-likeness (QED) is 0.300. The first-order chi connectivity index (χ1) is 18.4. The maximum absolute atomic E-state index is 13.0. The maximum Gasteiger partial charge on any atom is 0.243 e. The Morgan fingerprint density at radius 3 is 2.63 bits per heavy atom. The van der Waals surface area contributed by atoms with Gasteiger partial charge in [-0.3, -0.25) is 14.4 Å².